The number of anilines is 1. The van der Waals surface area contributed by atoms with Gasteiger partial charge in [-0.1, -0.05) is 18.2 Å². The second-order valence-electron chi connectivity index (χ2n) is 6.47. The molecule has 3 rings (SSSR count). The minimum atomic E-state index is -4.41. The van der Waals surface area contributed by atoms with Crippen LogP contribution in [0.3, 0.4) is 0 Å². The number of nitrogens with zero attached hydrogens (tertiary/aromatic N) is 1. The van der Waals surface area contributed by atoms with Gasteiger partial charge in [0, 0.05) is 24.8 Å². The summed E-state index contributed by atoms with van der Waals surface area (Å²) >= 11 is 1.09. The van der Waals surface area contributed by atoms with Crippen LogP contribution in [0.1, 0.15) is 21.5 Å². The van der Waals surface area contributed by atoms with E-state index in [9.17, 15) is 26.4 Å². The lowest BCUT2D eigenvalue weighted by atomic mass is 10.1. The number of hydrogen-bond donors (Lipinski definition) is 1. The molecule has 0 fully saturated rings. The molecule has 0 atom stereocenters. The average molecular weight is 454 g/mol. The van der Waals surface area contributed by atoms with Crippen LogP contribution >= 0.6 is 11.3 Å². The van der Waals surface area contributed by atoms with Gasteiger partial charge in [0.2, 0.25) is 0 Å². The fraction of sp³-hybridized carbons (Fsp3) is 0.150. The highest BCUT2D eigenvalue weighted by Gasteiger charge is 2.30. The fourth-order valence-corrected chi connectivity index (χ4v) is 4.72. The Labute approximate surface area is 175 Å². The Morgan fingerprint density at radius 1 is 1.03 bits per heavy atom. The van der Waals surface area contributed by atoms with Crippen molar-refractivity contribution in [1.29, 1.82) is 0 Å². The van der Waals surface area contributed by atoms with E-state index in [1.807, 2.05) is 0 Å². The van der Waals surface area contributed by atoms with Gasteiger partial charge in [-0.3, -0.25) is 9.52 Å². The number of thiophene rings is 1. The molecule has 158 valence electrons. The van der Waals surface area contributed by atoms with Crippen LogP contribution in [-0.4, -0.2) is 26.3 Å². The Morgan fingerprint density at radius 3 is 2.20 bits per heavy atom. The molecule has 5 nitrogen and oxygen atoms in total. The predicted molar refractivity (Wildman–Crippen MR) is 109 cm³/mol. The Morgan fingerprint density at radius 2 is 1.67 bits per heavy atom. The highest BCUT2D eigenvalue weighted by molar-refractivity contribution is 7.94. The van der Waals surface area contributed by atoms with Crippen LogP contribution in [0, 0.1) is 0 Å². The molecule has 0 bridgehead atoms. The van der Waals surface area contributed by atoms with E-state index in [4.69, 9.17) is 0 Å². The van der Waals surface area contributed by atoms with E-state index in [1.54, 1.807) is 11.4 Å². The molecule has 0 saturated carbocycles. The summed E-state index contributed by atoms with van der Waals surface area (Å²) in [6.45, 7) is 0.129. The summed E-state index contributed by atoms with van der Waals surface area (Å²) in [6.07, 6.45) is -4.41. The van der Waals surface area contributed by atoms with Crippen molar-refractivity contribution in [3.8, 4) is 0 Å². The van der Waals surface area contributed by atoms with Crippen molar-refractivity contribution in [3.63, 3.8) is 0 Å². The third-order valence-corrected chi connectivity index (χ3v) is 6.97. The van der Waals surface area contributed by atoms with E-state index in [1.165, 1.54) is 54.4 Å². The number of amides is 1. The quantitative estimate of drug-likeness (QED) is 0.580. The maximum Gasteiger partial charge on any atom is 0.416 e. The molecule has 1 heterocycles. The summed E-state index contributed by atoms with van der Waals surface area (Å²) < 4.78 is 65.0. The molecule has 10 heteroatoms. The summed E-state index contributed by atoms with van der Waals surface area (Å²) in [5, 5.41) is 1.66. The zero-order valence-electron chi connectivity index (χ0n) is 15.7. The van der Waals surface area contributed by atoms with Crippen molar-refractivity contribution < 1.29 is 26.4 Å². The molecule has 30 heavy (non-hydrogen) atoms. The third kappa shape index (κ3) is 5.19. The van der Waals surface area contributed by atoms with Gasteiger partial charge in [0.15, 0.2) is 0 Å². The number of sulfonamides is 1. The summed E-state index contributed by atoms with van der Waals surface area (Å²) in [5.74, 6) is -0.345. The molecule has 0 aliphatic heterocycles. The maximum absolute atomic E-state index is 12.6. The lowest BCUT2D eigenvalue weighted by Gasteiger charge is -2.18. The summed E-state index contributed by atoms with van der Waals surface area (Å²) in [4.78, 5) is 13.9. The molecule has 0 aliphatic carbocycles. The molecule has 0 aliphatic rings. The van der Waals surface area contributed by atoms with Crippen LogP contribution in [0.2, 0.25) is 0 Å². The molecular weight excluding hydrogens is 437 g/mol. The van der Waals surface area contributed by atoms with Crippen LogP contribution in [0.15, 0.2) is 70.3 Å². The van der Waals surface area contributed by atoms with Crippen molar-refractivity contribution in [2.24, 2.45) is 0 Å². The van der Waals surface area contributed by atoms with Gasteiger partial charge in [-0.15, -0.1) is 11.3 Å². The third-order valence-electron chi connectivity index (χ3n) is 4.19. The van der Waals surface area contributed by atoms with Crippen LogP contribution < -0.4 is 4.72 Å². The molecule has 2 aromatic carbocycles. The van der Waals surface area contributed by atoms with Crippen LogP contribution in [0.5, 0.6) is 0 Å². The number of halogens is 3. The van der Waals surface area contributed by atoms with Crippen molar-refractivity contribution in [1.82, 2.24) is 4.90 Å². The fourth-order valence-electron chi connectivity index (χ4n) is 2.67. The van der Waals surface area contributed by atoms with Crippen LogP contribution in [0.4, 0.5) is 18.9 Å². The Bertz CT molecular complexity index is 1110. The van der Waals surface area contributed by atoms with Gasteiger partial charge in [0.25, 0.3) is 15.9 Å². The minimum Gasteiger partial charge on any atom is -0.337 e. The smallest absolute Gasteiger partial charge is 0.337 e. The topological polar surface area (TPSA) is 66.5 Å². The number of hydrogen-bond acceptors (Lipinski definition) is 4. The lowest BCUT2D eigenvalue weighted by molar-refractivity contribution is -0.137. The first-order valence-corrected chi connectivity index (χ1v) is 11.0. The minimum absolute atomic E-state index is 0.129. The van der Waals surface area contributed by atoms with Crippen molar-refractivity contribution in [2.75, 3.05) is 11.8 Å². The van der Waals surface area contributed by atoms with E-state index < -0.39 is 21.8 Å². The average Bonchev–Trinajstić information content (AvgIpc) is 3.23. The number of carbonyl (C=O) groups is 1. The molecule has 0 spiro atoms. The first-order chi connectivity index (χ1) is 14.1. The Kier molecular flexibility index (Phi) is 6.18. The summed E-state index contributed by atoms with van der Waals surface area (Å²) in [5.41, 5.74) is 0.439. The highest BCUT2D eigenvalue weighted by atomic mass is 32.2. The normalized spacial score (nSPS) is 11.9. The number of carbonyl (C=O) groups excluding carboxylic acids is 1. The van der Waals surface area contributed by atoms with Crippen molar-refractivity contribution >= 4 is 33.0 Å². The molecule has 0 saturated heterocycles. The summed E-state index contributed by atoms with van der Waals surface area (Å²) in [7, 11) is -2.15. The zero-order chi connectivity index (χ0) is 21.9. The SMILES string of the molecule is CN(Cc1ccc(C(F)(F)F)cc1)C(=O)c1ccc(NS(=O)(=O)c2cccs2)cc1. The Balaban J connectivity index is 1.65. The van der Waals surface area contributed by atoms with Crippen molar-refractivity contribution in [3.05, 3.63) is 82.7 Å². The van der Waals surface area contributed by atoms with Gasteiger partial charge >= 0.3 is 6.18 Å². The van der Waals surface area contributed by atoms with E-state index in [-0.39, 0.29) is 16.7 Å². The first kappa shape index (κ1) is 21.8. The van der Waals surface area contributed by atoms with Gasteiger partial charge in [-0.2, -0.15) is 13.2 Å². The molecule has 0 unspecified atom stereocenters. The zero-order valence-corrected chi connectivity index (χ0v) is 17.3. The predicted octanol–water partition coefficient (Wildman–Crippen LogP) is 4.84. The number of nitrogens with one attached hydrogen (secondary N) is 1. The first-order valence-electron chi connectivity index (χ1n) is 8.64. The van der Waals surface area contributed by atoms with Gasteiger partial charge in [0.05, 0.1) is 5.56 Å². The Hall–Kier alpha value is -2.85. The number of alkyl halides is 3. The molecule has 1 amide bonds. The van der Waals surface area contributed by atoms with E-state index >= 15 is 0 Å². The van der Waals surface area contributed by atoms with E-state index in [0.717, 1.165) is 23.5 Å². The van der Waals surface area contributed by atoms with Gasteiger partial charge in [0.1, 0.15) is 4.21 Å². The van der Waals surface area contributed by atoms with Crippen molar-refractivity contribution in [2.45, 2.75) is 16.9 Å². The lowest BCUT2D eigenvalue weighted by Crippen LogP contribution is -2.26. The van der Waals surface area contributed by atoms with E-state index in [2.05, 4.69) is 4.72 Å². The largest absolute Gasteiger partial charge is 0.416 e. The summed E-state index contributed by atoms with van der Waals surface area (Å²) in [6, 6.07) is 13.6. The standard InChI is InChI=1S/C20H17F3N2O3S2/c1-25(13-14-4-8-16(9-5-14)20(21,22)23)19(26)15-6-10-17(11-7-15)24-30(27,28)18-3-2-12-29-18/h2-12,24H,13H2,1H3. The highest BCUT2D eigenvalue weighted by Crippen LogP contribution is 2.29. The molecule has 0 radical (unpaired) electrons. The number of benzene rings is 2. The van der Waals surface area contributed by atoms with Gasteiger partial charge in [-0.25, -0.2) is 8.42 Å². The second kappa shape index (κ2) is 8.49. The molecule has 3 aromatic rings. The second-order valence-corrected chi connectivity index (χ2v) is 9.33. The van der Waals surface area contributed by atoms with Crippen LogP contribution in [0.25, 0.3) is 0 Å². The molecule has 1 aromatic heterocycles. The molecule has 1 N–H and O–H groups in total. The molecular formula is C20H17F3N2O3S2. The van der Waals surface area contributed by atoms with Gasteiger partial charge in [-0.05, 0) is 53.4 Å². The van der Waals surface area contributed by atoms with Crippen LogP contribution in [-0.2, 0) is 22.7 Å². The number of rotatable bonds is 6. The van der Waals surface area contributed by atoms with E-state index in [0.29, 0.717) is 16.8 Å². The van der Waals surface area contributed by atoms with Gasteiger partial charge < -0.3 is 4.90 Å². The monoisotopic (exact) mass is 454 g/mol. The maximum atomic E-state index is 12.6.